The predicted molar refractivity (Wildman–Crippen MR) is 152 cm³/mol. The van der Waals surface area contributed by atoms with Crippen molar-refractivity contribution in [2.24, 2.45) is 0 Å². The van der Waals surface area contributed by atoms with E-state index in [0.29, 0.717) is 17.2 Å². The van der Waals surface area contributed by atoms with Gasteiger partial charge in [0, 0.05) is 24.3 Å². The van der Waals surface area contributed by atoms with Crippen molar-refractivity contribution >= 4 is 42.6 Å². The maximum Gasteiger partial charge on any atom is 0.260 e. The van der Waals surface area contributed by atoms with Crippen LogP contribution in [-0.2, 0) is 16.6 Å². The average molecular weight is 549 g/mol. The highest BCUT2D eigenvalue weighted by Crippen LogP contribution is 2.33. The van der Waals surface area contributed by atoms with Gasteiger partial charge in [-0.3, -0.25) is 14.7 Å². The molecule has 0 spiro atoms. The van der Waals surface area contributed by atoms with Gasteiger partial charge in [-0.05, 0) is 92.8 Å². The molecule has 0 radical (unpaired) electrons. The zero-order chi connectivity index (χ0) is 26.9. The van der Waals surface area contributed by atoms with E-state index in [9.17, 15) is 13.2 Å². The molecule has 1 aliphatic rings. The van der Waals surface area contributed by atoms with E-state index in [4.69, 9.17) is 4.98 Å². The third kappa shape index (κ3) is 5.23. The highest BCUT2D eigenvalue weighted by molar-refractivity contribution is 7.89. The fourth-order valence-corrected chi connectivity index (χ4v) is 7.73. The fraction of sp³-hybridized carbons (Fsp3) is 0.345. The van der Waals surface area contributed by atoms with Gasteiger partial charge in [0.1, 0.15) is 0 Å². The van der Waals surface area contributed by atoms with Crippen LogP contribution in [0.3, 0.4) is 0 Å². The van der Waals surface area contributed by atoms with Gasteiger partial charge in [0.2, 0.25) is 10.0 Å². The van der Waals surface area contributed by atoms with Crippen LogP contribution in [0.1, 0.15) is 59.8 Å². The summed E-state index contributed by atoms with van der Waals surface area (Å²) in [6.45, 7) is 6.93. The van der Waals surface area contributed by atoms with Crippen molar-refractivity contribution < 1.29 is 13.2 Å². The minimum atomic E-state index is -3.62. The highest BCUT2D eigenvalue weighted by atomic mass is 32.2. The Kier molecular flexibility index (Phi) is 7.61. The second-order valence-electron chi connectivity index (χ2n) is 9.81. The van der Waals surface area contributed by atoms with Crippen molar-refractivity contribution in [2.75, 3.05) is 11.4 Å². The van der Waals surface area contributed by atoms with E-state index < -0.39 is 10.0 Å². The number of rotatable bonds is 7. The second kappa shape index (κ2) is 10.9. The van der Waals surface area contributed by atoms with Gasteiger partial charge in [-0.1, -0.05) is 30.7 Å². The van der Waals surface area contributed by atoms with Crippen molar-refractivity contribution in [3.8, 4) is 0 Å². The van der Waals surface area contributed by atoms with E-state index in [-0.39, 0.29) is 23.4 Å². The Balaban J connectivity index is 1.47. The molecule has 1 unspecified atom stereocenters. The predicted octanol–water partition coefficient (Wildman–Crippen LogP) is 6.11. The molecule has 38 heavy (non-hydrogen) atoms. The van der Waals surface area contributed by atoms with Crippen molar-refractivity contribution in [2.45, 2.75) is 63.9 Å². The Bertz CT molecular complexity index is 1510. The maximum absolute atomic E-state index is 13.8. The van der Waals surface area contributed by atoms with Gasteiger partial charge < -0.3 is 0 Å². The molecule has 0 N–H and O–H groups in total. The minimum absolute atomic E-state index is 0.0234. The molecule has 1 aliphatic heterocycles. The number of benzene rings is 2. The van der Waals surface area contributed by atoms with Gasteiger partial charge >= 0.3 is 0 Å². The van der Waals surface area contributed by atoms with Crippen LogP contribution >= 0.6 is 11.3 Å². The molecule has 1 amide bonds. The molecule has 4 aromatic rings. The maximum atomic E-state index is 13.8. The summed E-state index contributed by atoms with van der Waals surface area (Å²) in [7, 11) is -3.62. The number of hydrogen-bond donors (Lipinski definition) is 0. The number of carbonyl (C=O) groups is 1. The summed E-state index contributed by atoms with van der Waals surface area (Å²) >= 11 is 1.46. The number of amides is 1. The van der Waals surface area contributed by atoms with Crippen LogP contribution in [0.25, 0.3) is 10.2 Å². The molecule has 0 saturated carbocycles. The third-order valence-corrected chi connectivity index (χ3v) is 10.3. The first kappa shape index (κ1) is 26.5. The van der Waals surface area contributed by atoms with E-state index in [1.807, 2.05) is 38.1 Å². The minimum Gasteiger partial charge on any atom is -0.278 e. The number of sulfonamides is 1. The lowest BCUT2D eigenvalue weighted by atomic mass is 10.0. The molecule has 1 atom stereocenters. The quantitative estimate of drug-likeness (QED) is 0.278. The van der Waals surface area contributed by atoms with Crippen molar-refractivity contribution in [1.82, 2.24) is 14.3 Å². The number of fused-ring (bicyclic) bond motifs is 1. The SMILES string of the molecule is CCC1CCCCN1S(=O)(=O)c1ccc(C(=O)N(Cc2ccccn2)c2nc3cc(C)c(C)cc3s2)cc1. The lowest BCUT2D eigenvalue weighted by Crippen LogP contribution is -2.43. The van der Waals surface area contributed by atoms with Gasteiger partial charge in [0.15, 0.2) is 5.13 Å². The van der Waals surface area contributed by atoms with Crippen molar-refractivity contribution in [1.29, 1.82) is 0 Å². The molecule has 9 heteroatoms. The Morgan fingerprint density at radius 1 is 1.08 bits per heavy atom. The van der Waals surface area contributed by atoms with Gasteiger partial charge in [-0.2, -0.15) is 4.31 Å². The molecule has 0 bridgehead atoms. The van der Waals surface area contributed by atoms with Crippen LogP contribution < -0.4 is 4.90 Å². The molecule has 1 fully saturated rings. The van der Waals surface area contributed by atoms with Crippen LogP contribution in [-0.4, -0.2) is 41.2 Å². The smallest absolute Gasteiger partial charge is 0.260 e. The number of hydrogen-bond acceptors (Lipinski definition) is 6. The lowest BCUT2D eigenvalue weighted by Gasteiger charge is -2.34. The molecule has 7 nitrogen and oxygen atoms in total. The summed E-state index contributed by atoms with van der Waals surface area (Å²) in [5, 5.41) is 0.580. The number of anilines is 1. The molecule has 1 saturated heterocycles. The van der Waals surface area contributed by atoms with E-state index in [1.54, 1.807) is 39.7 Å². The van der Waals surface area contributed by atoms with E-state index >= 15 is 0 Å². The topological polar surface area (TPSA) is 83.5 Å². The normalized spacial score (nSPS) is 16.6. The molecular formula is C29H32N4O3S2. The van der Waals surface area contributed by atoms with E-state index in [1.165, 1.54) is 16.9 Å². The Morgan fingerprint density at radius 2 is 1.84 bits per heavy atom. The Morgan fingerprint density at radius 3 is 2.55 bits per heavy atom. The van der Waals surface area contributed by atoms with Crippen LogP contribution in [0.5, 0.6) is 0 Å². The lowest BCUT2D eigenvalue weighted by molar-refractivity contribution is 0.0984. The van der Waals surface area contributed by atoms with Gasteiger partial charge in [-0.25, -0.2) is 13.4 Å². The van der Waals surface area contributed by atoms with Crippen LogP contribution in [0.15, 0.2) is 65.7 Å². The third-order valence-electron chi connectivity index (χ3n) is 7.27. The van der Waals surface area contributed by atoms with E-state index in [0.717, 1.165) is 47.2 Å². The van der Waals surface area contributed by atoms with Crippen molar-refractivity contribution in [3.05, 3.63) is 83.2 Å². The molecule has 2 aromatic heterocycles. The largest absolute Gasteiger partial charge is 0.278 e. The summed E-state index contributed by atoms with van der Waals surface area (Å²) < 4.78 is 29.4. The summed E-state index contributed by atoms with van der Waals surface area (Å²) in [4.78, 5) is 24.9. The highest BCUT2D eigenvalue weighted by Gasteiger charge is 2.32. The molecule has 2 aromatic carbocycles. The van der Waals surface area contributed by atoms with Crippen molar-refractivity contribution in [3.63, 3.8) is 0 Å². The summed E-state index contributed by atoms with van der Waals surface area (Å²) in [6, 6.07) is 16.1. The van der Waals surface area contributed by atoms with Crippen LogP contribution in [0.4, 0.5) is 5.13 Å². The van der Waals surface area contributed by atoms with Gasteiger partial charge in [-0.15, -0.1) is 0 Å². The molecule has 5 rings (SSSR count). The zero-order valence-electron chi connectivity index (χ0n) is 21.9. The molecular weight excluding hydrogens is 516 g/mol. The van der Waals surface area contributed by atoms with Crippen LogP contribution in [0, 0.1) is 13.8 Å². The number of pyridine rings is 1. The molecule has 3 heterocycles. The van der Waals surface area contributed by atoms with Gasteiger partial charge in [0.25, 0.3) is 5.91 Å². The number of nitrogens with zero attached hydrogens (tertiary/aromatic N) is 4. The number of piperidine rings is 1. The van der Waals surface area contributed by atoms with E-state index in [2.05, 4.69) is 18.0 Å². The standard InChI is InChI=1S/C29H32N4O3S2/c1-4-24-10-6-8-16-33(24)38(35,36)25-13-11-22(12-14-25)28(34)32(19-23-9-5-7-15-30-23)29-31-26-17-20(2)21(3)18-27(26)37-29/h5,7,9,11-15,17-18,24H,4,6,8,10,16,19H2,1-3H3. The number of carbonyl (C=O) groups excluding carboxylic acids is 1. The second-order valence-corrected chi connectivity index (χ2v) is 12.7. The Labute approximate surface area is 228 Å². The zero-order valence-corrected chi connectivity index (χ0v) is 23.6. The first-order valence-corrected chi connectivity index (χ1v) is 15.2. The monoisotopic (exact) mass is 548 g/mol. The summed E-state index contributed by atoms with van der Waals surface area (Å²) in [5.74, 6) is -0.253. The van der Waals surface area contributed by atoms with Crippen LogP contribution in [0.2, 0.25) is 0 Å². The average Bonchev–Trinajstić information content (AvgIpc) is 3.34. The number of aryl methyl sites for hydroxylation is 2. The number of thiazole rings is 1. The Hall–Kier alpha value is -3.14. The number of aromatic nitrogens is 2. The first-order chi connectivity index (χ1) is 18.3. The van der Waals surface area contributed by atoms with Gasteiger partial charge in [0.05, 0.1) is 27.4 Å². The summed E-state index contributed by atoms with van der Waals surface area (Å²) in [5.41, 5.74) is 4.30. The fourth-order valence-electron chi connectivity index (χ4n) is 4.92. The molecule has 198 valence electrons. The first-order valence-electron chi connectivity index (χ1n) is 13.0. The molecule has 0 aliphatic carbocycles. The summed E-state index contributed by atoms with van der Waals surface area (Å²) in [6.07, 6.45) is 5.30.